The Morgan fingerprint density at radius 2 is 0.878 bits per heavy atom. The molecule has 0 aliphatic heterocycles. The molecule has 0 bridgehead atoms. The van der Waals surface area contributed by atoms with E-state index in [0.29, 0.717) is 25.0 Å². The fraction of sp³-hybridized carbons (Fsp3) is 0.871. The molecule has 0 heterocycles. The monoisotopic (exact) mass is 588 g/mol. The molecule has 10 nitrogen and oxygen atoms in total. The molecule has 0 fully saturated rings. The van der Waals surface area contributed by atoms with Crippen molar-refractivity contribution in [3.05, 3.63) is 0 Å². The molecule has 3 unspecified atom stereocenters. The van der Waals surface area contributed by atoms with Gasteiger partial charge in [-0.3, -0.25) is 9.59 Å². The average Bonchev–Trinajstić information content (AvgIpc) is 2.90. The summed E-state index contributed by atoms with van der Waals surface area (Å²) in [6.07, 6.45) is 4.98. The number of alkyl carbamates (subject to hydrolysis) is 2. The molecule has 0 radical (unpaired) electrons. The van der Waals surface area contributed by atoms with E-state index in [9.17, 15) is 19.2 Å². The van der Waals surface area contributed by atoms with Crippen molar-refractivity contribution in [2.75, 3.05) is 26.3 Å². The third-order valence-electron chi connectivity index (χ3n) is 6.01. The number of rotatable bonds is 16. The van der Waals surface area contributed by atoms with Crippen LogP contribution < -0.4 is 21.3 Å². The number of carbonyl (C=O) groups is 4. The first-order valence-electron chi connectivity index (χ1n) is 15.5. The Kier molecular flexibility index (Phi) is 28.9. The fourth-order valence-corrected chi connectivity index (χ4v) is 2.65. The van der Waals surface area contributed by atoms with Crippen LogP contribution in [0.25, 0.3) is 0 Å². The maximum atomic E-state index is 11.2. The summed E-state index contributed by atoms with van der Waals surface area (Å²) in [6.45, 7) is 25.4. The minimum Gasteiger partial charge on any atom is -0.449 e. The van der Waals surface area contributed by atoms with Gasteiger partial charge in [0.15, 0.2) is 0 Å². The van der Waals surface area contributed by atoms with Crippen LogP contribution in [0.3, 0.4) is 0 Å². The second-order valence-corrected chi connectivity index (χ2v) is 11.9. The highest BCUT2D eigenvalue weighted by molar-refractivity contribution is 5.82. The highest BCUT2D eigenvalue weighted by atomic mass is 16.6. The number of nitrogens with one attached hydrogen (secondary N) is 4. The molecule has 4 N–H and O–H groups in total. The maximum Gasteiger partial charge on any atom is 0.407 e. The zero-order valence-corrected chi connectivity index (χ0v) is 28.3. The number of amides is 4. The van der Waals surface area contributed by atoms with Crippen LogP contribution >= 0.6 is 0 Å². The van der Waals surface area contributed by atoms with E-state index in [1.807, 2.05) is 55.4 Å². The summed E-state index contributed by atoms with van der Waals surface area (Å²) in [5.74, 6) is 2.09. The topological polar surface area (TPSA) is 135 Å². The van der Waals surface area contributed by atoms with Crippen LogP contribution in [0.15, 0.2) is 0 Å². The molecule has 0 rings (SSSR count). The van der Waals surface area contributed by atoms with E-state index in [0.717, 1.165) is 24.7 Å². The van der Waals surface area contributed by atoms with Crippen molar-refractivity contribution in [3.63, 3.8) is 0 Å². The predicted molar refractivity (Wildman–Crippen MR) is 168 cm³/mol. The van der Waals surface area contributed by atoms with Gasteiger partial charge in [0.05, 0.1) is 13.2 Å². The van der Waals surface area contributed by atoms with Gasteiger partial charge in [0.2, 0.25) is 11.8 Å². The molecule has 4 amide bonds. The Bertz CT molecular complexity index is 638. The van der Waals surface area contributed by atoms with Gasteiger partial charge in [-0.15, -0.1) is 0 Å². The summed E-state index contributed by atoms with van der Waals surface area (Å²) < 4.78 is 9.84. The zero-order valence-electron chi connectivity index (χ0n) is 28.3. The van der Waals surface area contributed by atoms with Crippen molar-refractivity contribution >= 4 is 24.0 Å². The van der Waals surface area contributed by atoms with Crippen molar-refractivity contribution in [1.29, 1.82) is 0 Å². The molecular weight excluding hydrogens is 524 g/mol. The quantitative estimate of drug-likeness (QED) is 0.174. The summed E-state index contributed by atoms with van der Waals surface area (Å²) >= 11 is 0. The van der Waals surface area contributed by atoms with Gasteiger partial charge in [0.1, 0.15) is 13.1 Å². The van der Waals surface area contributed by atoms with Crippen LogP contribution in [0.5, 0.6) is 0 Å². The largest absolute Gasteiger partial charge is 0.449 e. The Morgan fingerprint density at radius 1 is 0.537 bits per heavy atom. The lowest BCUT2D eigenvalue weighted by Crippen LogP contribution is -2.40. The Balaban J connectivity index is -0.000000551. The first-order valence-corrected chi connectivity index (χ1v) is 15.5. The van der Waals surface area contributed by atoms with Gasteiger partial charge in [-0.25, -0.2) is 9.59 Å². The van der Waals surface area contributed by atoms with E-state index in [1.54, 1.807) is 0 Å². The van der Waals surface area contributed by atoms with Crippen molar-refractivity contribution in [1.82, 2.24) is 21.3 Å². The first-order chi connectivity index (χ1) is 19.1. The van der Waals surface area contributed by atoms with Gasteiger partial charge < -0.3 is 30.7 Å². The zero-order chi connectivity index (χ0) is 32.4. The normalized spacial score (nSPS) is 12.6. The van der Waals surface area contributed by atoms with Crippen molar-refractivity contribution in [2.45, 2.75) is 127 Å². The molecular formula is C31H64N4O6. The second-order valence-electron chi connectivity index (χ2n) is 11.9. The lowest BCUT2D eigenvalue weighted by molar-refractivity contribution is -0.121. The van der Waals surface area contributed by atoms with E-state index in [1.165, 1.54) is 19.3 Å². The fourth-order valence-electron chi connectivity index (χ4n) is 2.65. The van der Waals surface area contributed by atoms with E-state index in [4.69, 9.17) is 9.47 Å². The van der Waals surface area contributed by atoms with Crippen LogP contribution in [-0.2, 0) is 19.1 Å². The van der Waals surface area contributed by atoms with Gasteiger partial charge >= 0.3 is 12.2 Å². The molecule has 0 aliphatic carbocycles. The molecule has 0 aromatic heterocycles. The smallest absolute Gasteiger partial charge is 0.407 e. The third-order valence-corrected chi connectivity index (χ3v) is 6.01. The standard InChI is InChI=1S/2C11H22N2O3.C9H20/c2*1-5-9(4)7-16-11(15)12-6-10(14)13-8(2)3;1-5-9(4)7-6-8(2)3/h2*8-9H,5-7H2,1-4H3,(H,12,15)(H,13,14);8-9H,5-7H2,1-4H3. The van der Waals surface area contributed by atoms with E-state index in [-0.39, 0.29) is 37.0 Å². The predicted octanol–water partition coefficient (Wildman–Crippen LogP) is 6.04. The van der Waals surface area contributed by atoms with Crippen molar-refractivity contribution in [2.24, 2.45) is 23.7 Å². The molecule has 0 aliphatic rings. The molecule has 3 atom stereocenters. The number of hydrogen-bond acceptors (Lipinski definition) is 6. The average molecular weight is 589 g/mol. The van der Waals surface area contributed by atoms with Gasteiger partial charge in [0, 0.05) is 12.1 Å². The van der Waals surface area contributed by atoms with Crippen LogP contribution in [0, 0.1) is 23.7 Å². The van der Waals surface area contributed by atoms with Gasteiger partial charge in [0.25, 0.3) is 0 Å². The number of ether oxygens (including phenoxy) is 2. The summed E-state index contributed by atoms with van der Waals surface area (Å²) in [5, 5.41) is 10.1. The highest BCUT2D eigenvalue weighted by Gasteiger charge is 2.09. The molecule has 244 valence electrons. The summed E-state index contributed by atoms with van der Waals surface area (Å²) in [4.78, 5) is 44.6. The van der Waals surface area contributed by atoms with E-state index in [2.05, 4.69) is 49.0 Å². The van der Waals surface area contributed by atoms with Gasteiger partial charge in [-0.1, -0.05) is 87.5 Å². The van der Waals surface area contributed by atoms with Crippen LogP contribution in [0.4, 0.5) is 9.59 Å². The Morgan fingerprint density at radius 3 is 1.15 bits per heavy atom. The number of carbonyl (C=O) groups excluding carboxylic acids is 4. The molecule has 10 heteroatoms. The maximum absolute atomic E-state index is 11.2. The van der Waals surface area contributed by atoms with Crippen molar-refractivity contribution < 1.29 is 28.7 Å². The van der Waals surface area contributed by atoms with Crippen molar-refractivity contribution in [3.8, 4) is 0 Å². The lowest BCUT2D eigenvalue weighted by atomic mass is 9.98. The minimum absolute atomic E-state index is 0.0441. The van der Waals surface area contributed by atoms with Crippen LogP contribution in [-0.4, -0.2) is 62.4 Å². The van der Waals surface area contributed by atoms with Crippen LogP contribution in [0.2, 0.25) is 0 Å². The molecule has 0 spiro atoms. The van der Waals surface area contributed by atoms with Gasteiger partial charge in [-0.2, -0.15) is 0 Å². The minimum atomic E-state index is -0.542. The highest BCUT2D eigenvalue weighted by Crippen LogP contribution is 2.13. The summed E-state index contributed by atoms with van der Waals surface area (Å²) in [6, 6.07) is 0.149. The van der Waals surface area contributed by atoms with Crippen LogP contribution in [0.1, 0.15) is 115 Å². The molecule has 0 saturated carbocycles. The summed E-state index contributed by atoms with van der Waals surface area (Å²) in [5.41, 5.74) is 0. The van der Waals surface area contributed by atoms with E-state index < -0.39 is 12.2 Å². The molecule has 0 saturated heterocycles. The lowest BCUT2D eigenvalue weighted by Gasteiger charge is -2.11. The summed E-state index contributed by atoms with van der Waals surface area (Å²) in [7, 11) is 0. The Labute approximate surface area is 251 Å². The number of hydrogen-bond donors (Lipinski definition) is 4. The van der Waals surface area contributed by atoms with Gasteiger partial charge in [-0.05, 0) is 51.4 Å². The Hall–Kier alpha value is -2.52. The second kappa shape index (κ2) is 27.6. The molecule has 0 aromatic rings. The SMILES string of the molecule is CCC(C)CCC(C)C.CCC(C)COC(=O)NCC(=O)NC(C)C.CCC(C)COC(=O)NCC(=O)NC(C)C. The molecule has 41 heavy (non-hydrogen) atoms. The first kappa shape index (κ1) is 42.9. The van der Waals surface area contributed by atoms with E-state index >= 15 is 0 Å². The third kappa shape index (κ3) is 35.5. The molecule has 0 aromatic carbocycles.